The number of rotatable bonds is 5. The van der Waals surface area contributed by atoms with Gasteiger partial charge in [0.15, 0.2) is 0 Å². The number of amidine groups is 1. The van der Waals surface area contributed by atoms with Crippen LogP contribution in [0.1, 0.15) is 67.4 Å². The van der Waals surface area contributed by atoms with Crippen LogP contribution in [0, 0.1) is 0 Å². The highest BCUT2D eigenvalue weighted by atomic mass is 16.5. The van der Waals surface area contributed by atoms with Crippen molar-refractivity contribution in [3.05, 3.63) is 89.0 Å². The number of piperidine rings is 1. The van der Waals surface area contributed by atoms with Crippen LogP contribution < -0.4 is 10.5 Å². The number of amides is 2. The van der Waals surface area contributed by atoms with Crippen LogP contribution in [0.5, 0.6) is 17.2 Å². The van der Waals surface area contributed by atoms with Gasteiger partial charge in [0.2, 0.25) is 0 Å². The third kappa shape index (κ3) is 5.29. The molecule has 0 saturated carbocycles. The fourth-order valence-electron chi connectivity index (χ4n) is 5.39. The molecular weight excluding hydrogens is 492 g/mol. The minimum absolute atomic E-state index is 0.113. The molecule has 5 rings (SSSR count). The van der Waals surface area contributed by atoms with Crippen LogP contribution in [0.2, 0.25) is 0 Å². The van der Waals surface area contributed by atoms with Gasteiger partial charge in [-0.15, -0.1) is 0 Å². The van der Waals surface area contributed by atoms with Gasteiger partial charge in [-0.3, -0.25) is 9.89 Å². The molecule has 2 aliphatic rings. The molecule has 0 radical (unpaired) electrons. The van der Waals surface area contributed by atoms with Crippen LogP contribution in [0.3, 0.4) is 0 Å². The van der Waals surface area contributed by atoms with Gasteiger partial charge in [-0.25, -0.2) is 4.79 Å². The van der Waals surface area contributed by atoms with Gasteiger partial charge in [0, 0.05) is 18.6 Å². The number of hydrogen-bond acceptors (Lipinski definition) is 6. The quantitative estimate of drug-likeness (QED) is 0.408. The van der Waals surface area contributed by atoms with Crippen LogP contribution in [0.4, 0.5) is 4.79 Å². The molecule has 2 atom stereocenters. The number of phenols is 2. The van der Waals surface area contributed by atoms with Crippen molar-refractivity contribution >= 4 is 11.9 Å². The summed E-state index contributed by atoms with van der Waals surface area (Å²) in [4.78, 5) is 23.2. The Morgan fingerprint density at radius 1 is 0.923 bits per heavy atom. The Morgan fingerprint density at radius 2 is 1.51 bits per heavy atom. The number of carbonyl (C=O) groups excluding carboxylic acids is 1. The minimum atomic E-state index is -0.574. The van der Waals surface area contributed by atoms with E-state index in [4.69, 9.17) is 15.5 Å². The molecule has 2 amide bonds. The molecule has 204 valence electrons. The summed E-state index contributed by atoms with van der Waals surface area (Å²) in [7, 11) is 1.60. The maximum absolute atomic E-state index is 14.3. The van der Waals surface area contributed by atoms with E-state index < -0.39 is 17.6 Å². The number of urea groups is 1. The van der Waals surface area contributed by atoms with E-state index in [2.05, 4.69) is 0 Å². The molecule has 8 heteroatoms. The summed E-state index contributed by atoms with van der Waals surface area (Å²) in [5.74, 6) is 1.40. The van der Waals surface area contributed by atoms with E-state index in [9.17, 15) is 15.0 Å². The Morgan fingerprint density at radius 3 is 2.08 bits per heavy atom. The summed E-state index contributed by atoms with van der Waals surface area (Å²) in [6.45, 7) is 5.24. The molecule has 2 heterocycles. The van der Waals surface area contributed by atoms with Crippen LogP contribution >= 0.6 is 0 Å². The lowest BCUT2D eigenvalue weighted by atomic mass is 9.93. The molecule has 2 unspecified atom stereocenters. The van der Waals surface area contributed by atoms with Gasteiger partial charge in [0.1, 0.15) is 29.1 Å². The summed E-state index contributed by atoms with van der Waals surface area (Å²) >= 11 is 0. The second-order valence-corrected chi connectivity index (χ2v) is 10.9. The van der Waals surface area contributed by atoms with E-state index in [1.165, 1.54) is 0 Å². The number of ether oxygens (including phenoxy) is 1. The summed E-state index contributed by atoms with van der Waals surface area (Å²) in [5.41, 5.74) is 9.10. The van der Waals surface area contributed by atoms with Crippen molar-refractivity contribution in [3.8, 4) is 17.2 Å². The van der Waals surface area contributed by atoms with Crippen molar-refractivity contribution in [3.63, 3.8) is 0 Å². The zero-order valence-corrected chi connectivity index (χ0v) is 22.7. The Labute approximate surface area is 229 Å². The lowest BCUT2D eigenvalue weighted by molar-refractivity contribution is 0.153. The average Bonchev–Trinajstić information content (AvgIpc) is 3.33. The average molecular weight is 529 g/mol. The maximum atomic E-state index is 14.3. The van der Waals surface area contributed by atoms with Gasteiger partial charge >= 0.3 is 6.03 Å². The van der Waals surface area contributed by atoms with Gasteiger partial charge in [-0.05, 0) is 86.2 Å². The second kappa shape index (κ2) is 10.6. The van der Waals surface area contributed by atoms with Crippen LogP contribution in [0.15, 0.2) is 71.7 Å². The van der Waals surface area contributed by atoms with Crippen LogP contribution in [0.25, 0.3) is 0 Å². The summed E-state index contributed by atoms with van der Waals surface area (Å²) in [6, 6.07) is 18.6. The topological polar surface area (TPSA) is 112 Å². The number of likely N-dealkylation sites (tertiary alicyclic amines) is 1. The Balaban J connectivity index is 1.70. The predicted octanol–water partition coefficient (Wildman–Crippen LogP) is 5.45. The molecule has 3 aromatic carbocycles. The van der Waals surface area contributed by atoms with Crippen molar-refractivity contribution < 1.29 is 19.7 Å². The van der Waals surface area contributed by atoms with E-state index >= 15 is 0 Å². The van der Waals surface area contributed by atoms with Gasteiger partial charge in [0.05, 0.1) is 18.7 Å². The standard InChI is InChI=1S/C31H36N4O4/c1-31(2,32)22-11-16-25(26(19-22)39-3)29-33-27(20-7-12-23(36)13-8-20)28(21-9-14-24(37)15-10-21)35(29)30(38)34-17-5-4-6-18-34/h7-16,19,27-28,36-37H,4-6,17-18,32H2,1-3H3. The van der Waals surface area contributed by atoms with Crippen molar-refractivity contribution in [1.29, 1.82) is 0 Å². The number of carbonyl (C=O) groups is 1. The molecular formula is C31H36N4O4. The second-order valence-electron chi connectivity index (χ2n) is 10.9. The largest absolute Gasteiger partial charge is 0.508 e. The highest BCUT2D eigenvalue weighted by Gasteiger charge is 2.44. The molecule has 0 bridgehead atoms. The number of nitrogens with zero attached hydrogens (tertiary/aromatic N) is 3. The number of aromatic hydroxyl groups is 2. The predicted molar refractivity (Wildman–Crippen MR) is 151 cm³/mol. The normalized spacial score (nSPS) is 19.6. The van der Waals surface area contributed by atoms with Gasteiger partial charge < -0.3 is 25.6 Å². The monoisotopic (exact) mass is 528 g/mol. The first-order chi connectivity index (χ1) is 18.7. The molecule has 3 aromatic rings. The summed E-state index contributed by atoms with van der Waals surface area (Å²) < 4.78 is 5.83. The molecule has 8 nitrogen and oxygen atoms in total. The first kappa shape index (κ1) is 26.6. The molecule has 0 aliphatic carbocycles. The first-order valence-electron chi connectivity index (χ1n) is 13.4. The van der Waals surface area contributed by atoms with Crippen molar-refractivity contribution in [1.82, 2.24) is 9.80 Å². The fourth-order valence-corrected chi connectivity index (χ4v) is 5.39. The van der Waals surface area contributed by atoms with E-state index in [0.29, 0.717) is 30.2 Å². The third-order valence-electron chi connectivity index (χ3n) is 7.56. The highest BCUT2D eigenvalue weighted by molar-refractivity contribution is 6.11. The maximum Gasteiger partial charge on any atom is 0.326 e. The minimum Gasteiger partial charge on any atom is -0.508 e. The number of aliphatic imine (C=N–C) groups is 1. The number of methoxy groups -OCH3 is 1. The summed E-state index contributed by atoms with van der Waals surface area (Å²) in [6.07, 6.45) is 3.02. The first-order valence-corrected chi connectivity index (χ1v) is 13.4. The molecule has 39 heavy (non-hydrogen) atoms. The molecule has 1 saturated heterocycles. The molecule has 2 aliphatic heterocycles. The Kier molecular flexibility index (Phi) is 7.23. The smallest absolute Gasteiger partial charge is 0.326 e. The zero-order chi connectivity index (χ0) is 27.7. The van der Waals surface area contributed by atoms with Crippen LogP contribution in [-0.4, -0.2) is 52.1 Å². The number of hydrogen-bond donors (Lipinski definition) is 3. The van der Waals surface area contributed by atoms with Crippen molar-refractivity contribution in [2.45, 2.75) is 50.7 Å². The fraction of sp³-hybridized carbons (Fsp3) is 0.355. The van der Waals surface area contributed by atoms with Crippen molar-refractivity contribution in [2.24, 2.45) is 10.7 Å². The Hall–Kier alpha value is -4.04. The molecule has 4 N–H and O–H groups in total. The molecule has 0 spiro atoms. The van der Waals surface area contributed by atoms with Crippen LogP contribution in [-0.2, 0) is 5.54 Å². The van der Waals surface area contributed by atoms with Gasteiger partial charge in [-0.2, -0.15) is 0 Å². The SMILES string of the molecule is COc1cc(C(C)(C)N)ccc1C1=NC(c2ccc(O)cc2)C(c2ccc(O)cc2)N1C(=O)N1CCCCC1. The lowest BCUT2D eigenvalue weighted by Crippen LogP contribution is -2.48. The third-order valence-corrected chi connectivity index (χ3v) is 7.56. The number of nitrogens with two attached hydrogens (primary N) is 1. The van der Waals surface area contributed by atoms with Gasteiger partial charge in [-0.1, -0.05) is 30.3 Å². The highest BCUT2D eigenvalue weighted by Crippen LogP contribution is 2.46. The van der Waals surface area contributed by atoms with Crippen molar-refractivity contribution in [2.75, 3.05) is 20.2 Å². The summed E-state index contributed by atoms with van der Waals surface area (Å²) in [5, 5.41) is 20.0. The number of benzene rings is 3. The van der Waals surface area contributed by atoms with E-state index in [-0.39, 0.29) is 17.5 Å². The van der Waals surface area contributed by atoms with E-state index in [1.807, 2.05) is 61.2 Å². The Bertz CT molecular complexity index is 1360. The number of phenolic OH excluding ortho intramolecular Hbond substituents is 2. The molecule has 0 aromatic heterocycles. The van der Waals surface area contributed by atoms with E-state index in [1.54, 1.807) is 36.3 Å². The molecule has 1 fully saturated rings. The zero-order valence-electron chi connectivity index (χ0n) is 22.7. The van der Waals surface area contributed by atoms with Gasteiger partial charge in [0.25, 0.3) is 0 Å². The lowest BCUT2D eigenvalue weighted by Gasteiger charge is -2.36. The van der Waals surface area contributed by atoms with E-state index in [0.717, 1.165) is 36.0 Å².